The summed E-state index contributed by atoms with van der Waals surface area (Å²) in [6.07, 6.45) is 2.86. The van der Waals surface area contributed by atoms with Gasteiger partial charge in [0.2, 0.25) is 5.91 Å². The van der Waals surface area contributed by atoms with Gasteiger partial charge in [-0.3, -0.25) is 4.79 Å². The number of hydrogen-bond donors (Lipinski definition) is 2. The molecule has 0 saturated carbocycles. The van der Waals surface area contributed by atoms with E-state index in [1.807, 2.05) is 0 Å². The number of aromatic amines is 1. The molecular formula is C7H10N8O. The van der Waals surface area contributed by atoms with Gasteiger partial charge in [-0.2, -0.15) is 10.3 Å². The monoisotopic (exact) mass is 222 g/mol. The van der Waals surface area contributed by atoms with E-state index in [-0.39, 0.29) is 12.5 Å². The van der Waals surface area contributed by atoms with Crippen LogP contribution in [0.3, 0.4) is 0 Å². The highest BCUT2D eigenvalue weighted by molar-refractivity contribution is 5.79. The molecule has 0 aromatic carbocycles. The third kappa shape index (κ3) is 2.19. The molecule has 0 aliphatic carbocycles. The van der Waals surface area contributed by atoms with Crippen LogP contribution in [0.25, 0.3) is 0 Å². The second-order valence-corrected chi connectivity index (χ2v) is 3.10. The summed E-state index contributed by atoms with van der Waals surface area (Å²) in [5.41, 5.74) is 0. The lowest BCUT2D eigenvalue weighted by Gasteiger charge is -2.10. The van der Waals surface area contributed by atoms with Crippen molar-refractivity contribution in [3.8, 4) is 0 Å². The van der Waals surface area contributed by atoms with Crippen molar-refractivity contribution in [2.24, 2.45) is 0 Å². The molecule has 0 bridgehead atoms. The first-order chi connectivity index (χ1) is 7.77. The standard InChI is InChI=1S/C7H10N8O/c1-5(15-4-8-3-10-15)7(16)9-2-6-11-13-14-12-6/h3-5H,2H2,1H3,(H,9,16)(H,11,12,13,14). The Balaban J connectivity index is 1.89. The number of nitrogens with zero attached hydrogens (tertiary/aromatic N) is 6. The molecule has 0 aliphatic rings. The minimum Gasteiger partial charge on any atom is -0.347 e. The zero-order chi connectivity index (χ0) is 11.4. The van der Waals surface area contributed by atoms with Crippen molar-refractivity contribution in [3.63, 3.8) is 0 Å². The average molecular weight is 222 g/mol. The number of hydrogen-bond acceptors (Lipinski definition) is 6. The highest BCUT2D eigenvalue weighted by Gasteiger charge is 2.15. The summed E-state index contributed by atoms with van der Waals surface area (Å²) in [4.78, 5) is 15.4. The Morgan fingerprint density at radius 1 is 1.69 bits per heavy atom. The summed E-state index contributed by atoms with van der Waals surface area (Å²) >= 11 is 0. The molecule has 16 heavy (non-hydrogen) atoms. The van der Waals surface area contributed by atoms with E-state index in [2.05, 4.69) is 36.0 Å². The Hall–Kier alpha value is -2.32. The molecule has 9 nitrogen and oxygen atoms in total. The Labute approximate surface area is 90.3 Å². The Morgan fingerprint density at radius 3 is 3.19 bits per heavy atom. The normalized spacial score (nSPS) is 12.3. The summed E-state index contributed by atoms with van der Waals surface area (Å²) < 4.78 is 1.46. The molecule has 2 aromatic rings. The molecule has 1 atom stereocenters. The molecule has 0 radical (unpaired) electrons. The van der Waals surface area contributed by atoms with Crippen molar-refractivity contribution in [2.75, 3.05) is 0 Å². The maximum atomic E-state index is 11.7. The second kappa shape index (κ2) is 4.47. The maximum Gasteiger partial charge on any atom is 0.245 e. The van der Waals surface area contributed by atoms with Crippen LogP contribution in [0.2, 0.25) is 0 Å². The number of amides is 1. The zero-order valence-electron chi connectivity index (χ0n) is 8.53. The van der Waals surface area contributed by atoms with Crippen LogP contribution in [0.15, 0.2) is 12.7 Å². The van der Waals surface area contributed by atoms with E-state index in [0.29, 0.717) is 5.82 Å². The van der Waals surface area contributed by atoms with Crippen LogP contribution in [0.5, 0.6) is 0 Å². The molecule has 1 unspecified atom stereocenters. The summed E-state index contributed by atoms with van der Waals surface area (Å²) in [6.45, 7) is 1.95. The Kier molecular flexibility index (Phi) is 2.85. The Bertz CT molecular complexity index is 435. The van der Waals surface area contributed by atoms with E-state index in [4.69, 9.17) is 0 Å². The van der Waals surface area contributed by atoms with E-state index in [1.165, 1.54) is 17.3 Å². The fraction of sp³-hybridized carbons (Fsp3) is 0.429. The lowest BCUT2D eigenvalue weighted by molar-refractivity contribution is -0.124. The minimum absolute atomic E-state index is 0.185. The van der Waals surface area contributed by atoms with Crippen molar-refractivity contribution in [3.05, 3.63) is 18.5 Å². The van der Waals surface area contributed by atoms with Gasteiger partial charge in [-0.25, -0.2) is 9.67 Å². The van der Waals surface area contributed by atoms with Gasteiger partial charge in [0.15, 0.2) is 5.82 Å². The van der Waals surface area contributed by atoms with Crippen molar-refractivity contribution in [1.82, 2.24) is 40.7 Å². The van der Waals surface area contributed by atoms with Crippen LogP contribution in [-0.4, -0.2) is 41.3 Å². The van der Waals surface area contributed by atoms with E-state index in [1.54, 1.807) is 6.92 Å². The minimum atomic E-state index is -0.422. The number of rotatable bonds is 4. The topological polar surface area (TPSA) is 114 Å². The van der Waals surface area contributed by atoms with Gasteiger partial charge >= 0.3 is 0 Å². The van der Waals surface area contributed by atoms with Crippen LogP contribution in [-0.2, 0) is 11.3 Å². The van der Waals surface area contributed by atoms with Crippen molar-refractivity contribution in [1.29, 1.82) is 0 Å². The first kappa shape index (κ1) is 10.2. The maximum absolute atomic E-state index is 11.7. The number of tetrazole rings is 1. The van der Waals surface area contributed by atoms with Crippen LogP contribution in [0, 0.1) is 0 Å². The summed E-state index contributed by atoms with van der Waals surface area (Å²) in [5, 5.41) is 19.6. The number of aromatic nitrogens is 7. The van der Waals surface area contributed by atoms with Gasteiger partial charge < -0.3 is 5.32 Å². The van der Waals surface area contributed by atoms with E-state index < -0.39 is 6.04 Å². The molecule has 1 amide bonds. The molecule has 2 N–H and O–H groups in total. The number of carbonyl (C=O) groups excluding carboxylic acids is 1. The van der Waals surface area contributed by atoms with Gasteiger partial charge in [0.05, 0.1) is 6.54 Å². The molecule has 2 rings (SSSR count). The van der Waals surface area contributed by atoms with Crippen LogP contribution >= 0.6 is 0 Å². The zero-order valence-corrected chi connectivity index (χ0v) is 8.53. The molecular weight excluding hydrogens is 212 g/mol. The molecule has 2 heterocycles. The number of H-pyrrole nitrogens is 1. The van der Waals surface area contributed by atoms with Crippen molar-refractivity contribution in [2.45, 2.75) is 19.5 Å². The van der Waals surface area contributed by atoms with Gasteiger partial charge in [0, 0.05) is 0 Å². The molecule has 9 heteroatoms. The lowest BCUT2D eigenvalue weighted by Crippen LogP contribution is -2.31. The van der Waals surface area contributed by atoms with Gasteiger partial charge in [0.1, 0.15) is 18.7 Å². The van der Waals surface area contributed by atoms with E-state index >= 15 is 0 Å². The second-order valence-electron chi connectivity index (χ2n) is 3.10. The van der Waals surface area contributed by atoms with E-state index in [9.17, 15) is 4.79 Å². The lowest BCUT2D eigenvalue weighted by atomic mass is 10.3. The first-order valence-corrected chi connectivity index (χ1v) is 4.61. The smallest absolute Gasteiger partial charge is 0.245 e. The molecule has 0 saturated heterocycles. The molecule has 0 spiro atoms. The highest BCUT2D eigenvalue weighted by atomic mass is 16.2. The average Bonchev–Trinajstić information content (AvgIpc) is 2.96. The highest BCUT2D eigenvalue weighted by Crippen LogP contribution is 2.01. The molecule has 0 aliphatic heterocycles. The van der Waals surface area contributed by atoms with Gasteiger partial charge in [-0.15, -0.1) is 10.2 Å². The van der Waals surface area contributed by atoms with Crippen molar-refractivity contribution >= 4 is 5.91 Å². The van der Waals surface area contributed by atoms with Crippen LogP contribution in [0.1, 0.15) is 18.8 Å². The van der Waals surface area contributed by atoms with Gasteiger partial charge in [0.25, 0.3) is 0 Å². The fourth-order valence-corrected chi connectivity index (χ4v) is 1.11. The summed E-state index contributed by atoms with van der Waals surface area (Å²) in [7, 11) is 0. The summed E-state index contributed by atoms with van der Waals surface area (Å²) in [6, 6.07) is -0.422. The largest absolute Gasteiger partial charge is 0.347 e. The Morgan fingerprint density at radius 2 is 2.56 bits per heavy atom. The fourth-order valence-electron chi connectivity index (χ4n) is 1.11. The third-order valence-electron chi connectivity index (χ3n) is 2.02. The third-order valence-corrected chi connectivity index (χ3v) is 2.02. The first-order valence-electron chi connectivity index (χ1n) is 4.61. The van der Waals surface area contributed by atoms with Crippen LogP contribution in [0.4, 0.5) is 0 Å². The predicted octanol–water partition coefficient (Wildman–Crippen LogP) is -1.33. The number of carbonyl (C=O) groups is 1. The number of nitrogens with one attached hydrogen (secondary N) is 2. The molecule has 0 fully saturated rings. The van der Waals surface area contributed by atoms with E-state index in [0.717, 1.165) is 0 Å². The van der Waals surface area contributed by atoms with Crippen LogP contribution < -0.4 is 5.32 Å². The predicted molar refractivity (Wildman–Crippen MR) is 50.8 cm³/mol. The molecule has 2 aromatic heterocycles. The van der Waals surface area contributed by atoms with Crippen molar-refractivity contribution < 1.29 is 4.79 Å². The summed E-state index contributed by atoms with van der Waals surface area (Å²) in [5.74, 6) is 0.245. The molecule has 84 valence electrons. The van der Waals surface area contributed by atoms with Gasteiger partial charge in [-0.05, 0) is 6.92 Å². The van der Waals surface area contributed by atoms with Gasteiger partial charge in [-0.1, -0.05) is 5.21 Å². The SMILES string of the molecule is CC(C(=O)NCc1nn[nH]n1)n1cncn1. The quantitative estimate of drug-likeness (QED) is 0.662.